The van der Waals surface area contributed by atoms with Gasteiger partial charge in [-0.1, -0.05) is 6.92 Å². The van der Waals surface area contributed by atoms with Crippen LogP contribution in [0.4, 0.5) is 33.5 Å². The molecule has 2 aromatic rings. The largest absolute Gasteiger partial charge is 0.459 e. The van der Waals surface area contributed by atoms with Crippen LogP contribution in [0, 0.1) is 0 Å². The van der Waals surface area contributed by atoms with Crippen LogP contribution in [0.1, 0.15) is 23.1 Å². The van der Waals surface area contributed by atoms with Crippen molar-refractivity contribution < 1.29 is 26.7 Å². The van der Waals surface area contributed by atoms with Crippen LogP contribution >= 0.6 is 27.7 Å². The second kappa shape index (κ2) is 8.55. The van der Waals surface area contributed by atoms with Gasteiger partial charge in [0.25, 0.3) is 5.91 Å². The minimum Gasteiger partial charge on any atom is -0.370 e. The van der Waals surface area contributed by atoms with Crippen LogP contribution in [0.2, 0.25) is 0 Å². The minimum absolute atomic E-state index is 0.0157. The zero-order chi connectivity index (χ0) is 21.1. The first kappa shape index (κ1) is 22.3. The van der Waals surface area contributed by atoms with E-state index in [9.17, 15) is 26.7 Å². The lowest BCUT2D eigenvalue weighted by atomic mass is 10.2. The second-order valence-corrected chi connectivity index (χ2v) is 7.42. The van der Waals surface area contributed by atoms with E-state index in [0.717, 1.165) is 0 Å². The Kier molecular flexibility index (Phi) is 6.80. The molecule has 0 fully saturated rings. The number of amides is 1. The highest BCUT2D eigenvalue weighted by Crippen LogP contribution is 2.43. The molecule has 0 aliphatic rings. The number of nitrogens with zero attached hydrogens (tertiary/aromatic N) is 3. The highest BCUT2D eigenvalue weighted by atomic mass is 79.9. The minimum atomic E-state index is -5.86. The van der Waals surface area contributed by atoms with Crippen LogP contribution in [0.15, 0.2) is 27.7 Å². The predicted octanol–water partition coefficient (Wildman–Crippen LogP) is 4.69. The Balaban J connectivity index is 2.43. The van der Waals surface area contributed by atoms with Crippen molar-refractivity contribution in [3.63, 3.8) is 0 Å². The maximum Gasteiger partial charge on any atom is 0.459 e. The quantitative estimate of drug-likeness (QED) is 0.456. The molecule has 0 aliphatic heterocycles. The van der Waals surface area contributed by atoms with Gasteiger partial charge in [0, 0.05) is 22.6 Å². The summed E-state index contributed by atoms with van der Waals surface area (Å²) in [6, 6.07) is 2.07. The number of rotatable bonds is 6. The summed E-state index contributed by atoms with van der Waals surface area (Å²) in [6.07, 6.45) is -4.50. The number of anilines is 2. The first-order valence-corrected chi connectivity index (χ1v) is 9.39. The van der Waals surface area contributed by atoms with E-state index in [4.69, 9.17) is 0 Å². The van der Waals surface area contributed by atoms with Gasteiger partial charge >= 0.3 is 12.1 Å². The van der Waals surface area contributed by atoms with Crippen molar-refractivity contribution in [2.24, 2.45) is 0 Å². The molecule has 0 saturated carbocycles. The molecule has 2 N–H and O–H groups in total. The van der Waals surface area contributed by atoms with E-state index in [0.29, 0.717) is 21.2 Å². The van der Waals surface area contributed by atoms with Crippen molar-refractivity contribution in [2.75, 3.05) is 23.4 Å². The highest BCUT2D eigenvalue weighted by Gasteiger charge is 2.60. The Hall–Kier alpha value is -2.02. The third-order valence-corrected chi connectivity index (χ3v) is 4.64. The number of carbonyl (C=O) groups is 1. The number of pyridine rings is 1. The van der Waals surface area contributed by atoms with Gasteiger partial charge in [-0.15, -0.1) is 22.0 Å². The zero-order valence-corrected chi connectivity index (χ0v) is 16.8. The van der Waals surface area contributed by atoms with Gasteiger partial charge in [-0.2, -0.15) is 22.0 Å². The molecular formula is C15H13BrF5N5OS. The highest BCUT2D eigenvalue weighted by molar-refractivity contribution is 9.10. The van der Waals surface area contributed by atoms with Gasteiger partial charge in [-0.05, 0) is 33.8 Å². The molecule has 152 valence electrons. The van der Waals surface area contributed by atoms with Crippen LogP contribution in [0.3, 0.4) is 0 Å². The number of carbonyl (C=O) groups excluding carboxylic acids is 1. The van der Waals surface area contributed by atoms with Gasteiger partial charge in [0.2, 0.25) is 0 Å². The third kappa shape index (κ3) is 4.69. The van der Waals surface area contributed by atoms with Crippen molar-refractivity contribution in [1.29, 1.82) is 0 Å². The van der Waals surface area contributed by atoms with Gasteiger partial charge < -0.3 is 10.6 Å². The molecule has 0 unspecified atom stereocenters. The van der Waals surface area contributed by atoms with Gasteiger partial charge in [0.15, 0.2) is 5.82 Å². The molecule has 0 radical (unpaired) electrons. The zero-order valence-electron chi connectivity index (χ0n) is 14.4. The number of thioether (sulfide) groups is 1. The monoisotopic (exact) mass is 485 g/mol. The molecule has 0 atom stereocenters. The summed E-state index contributed by atoms with van der Waals surface area (Å²) < 4.78 is 65.5. The first-order chi connectivity index (χ1) is 13.0. The lowest BCUT2D eigenvalue weighted by Gasteiger charge is -2.19. The Morgan fingerprint density at radius 3 is 2.46 bits per heavy atom. The van der Waals surface area contributed by atoms with E-state index in [1.165, 1.54) is 25.0 Å². The van der Waals surface area contributed by atoms with Crippen molar-refractivity contribution in [2.45, 2.75) is 23.9 Å². The van der Waals surface area contributed by atoms with E-state index in [1.54, 1.807) is 6.07 Å². The van der Waals surface area contributed by atoms with Gasteiger partial charge in [-0.25, -0.2) is 4.98 Å². The normalized spacial score (nSPS) is 12.0. The predicted molar refractivity (Wildman–Crippen MR) is 97.8 cm³/mol. The molecule has 2 heterocycles. The van der Waals surface area contributed by atoms with Gasteiger partial charge in [-0.3, -0.25) is 4.79 Å². The number of hydrogen-bond acceptors (Lipinski definition) is 6. The van der Waals surface area contributed by atoms with Crippen molar-refractivity contribution in [3.8, 4) is 0 Å². The average molecular weight is 486 g/mol. The standard InChI is InChI=1S/C15H13BrF5N5OS/c1-3-28-9-4-7(16)6-23-11(9)13(27)24-8-5-10(25-26-12(8)22-2)14(17,18)15(19,20)21/h4-6H,3H2,1-2H3,(H,22,26)(H,24,25,27). The Bertz CT molecular complexity index is 880. The molecule has 28 heavy (non-hydrogen) atoms. The van der Waals surface area contributed by atoms with Crippen LogP contribution in [-0.2, 0) is 5.92 Å². The number of nitrogens with one attached hydrogen (secondary N) is 2. The van der Waals surface area contributed by atoms with Crippen molar-refractivity contribution in [1.82, 2.24) is 15.2 Å². The van der Waals surface area contributed by atoms with E-state index in [1.807, 2.05) is 6.92 Å². The number of alkyl halides is 5. The van der Waals surface area contributed by atoms with Crippen molar-refractivity contribution >= 4 is 45.1 Å². The molecule has 2 aromatic heterocycles. The fourth-order valence-electron chi connectivity index (χ4n) is 2.01. The maximum atomic E-state index is 13.6. The summed E-state index contributed by atoms with van der Waals surface area (Å²) in [5.41, 5.74) is -2.04. The van der Waals surface area contributed by atoms with Crippen LogP contribution in [-0.4, -0.2) is 40.1 Å². The molecule has 1 amide bonds. The molecule has 0 saturated heterocycles. The Morgan fingerprint density at radius 2 is 1.89 bits per heavy atom. The van der Waals surface area contributed by atoms with Crippen LogP contribution in [0.5, 0.6) is 0 Å². The van der Waals surface area contributed by atoms with Crippen LogP contribution < -0.4 is 10.6 Å². The second-order valence-electron chi connectivity index (χ2n) is 5.20. The molecule has 0 bridgehead atoms. The molecule has 0 spiro atoms. The number of hydrogen-bond donors (Lipinski definition) is 2. The summed E-state index contributed by atoms with van der Waals surface area (Å²) in [5.74, 6) is -5.59. The fraction of sp³-hybridized carbons (Fsp3) is 0.333. The van der Waals surface area contributed by atoms with E-state index in [-0.39, 0.29) is 11.5 Å². The van der Waals surface area contributed by atoms with Crippen molar-refractivity contribution in [3.05, 3.63) is 34.2 Å². The smallest absolute Gasteiger partial charge is 0.370 e. The fourth-order valence-corrected chi connectivity index (χ4v) is 3.29. The van der Waals surface area contributed by atoms with E-state index < -0.39 is 29.4 Å². The summed E-state index contributed by atoms with van der Waals surface area (Å²) in [7, 11) is 1.34. The molecule has 6 nitrogen and oxygen atoms in total. The SMILES string of the molecule is CCSc1cc(Br)cnc1C(=O)Nc1cc(C(F)(F)C(F)(F)F)nnc1NC. The van der Waals surface area contributed by atoms with Gasteiger partial charge in [0.1, 0.15) is 11.4 Å². The maximum absolute atomic E-state index is 13.6. The Morgan fingerprint density at radius 1 is 1.21 bits per heavy atom. The van der Waals surface area contributed by atoms with E-state index >= 15 is 0 Å². The summed E-state index contributed by atoms with van der Waals surface area (Å²) in [6.45, 7) is 1.85. The molecule has 2 rings (SSSR count). The summed E-state index contributed by atoms with van der Waals surface area (Å²) in [4.78, 5) is 17.1. The van der Waals surface area contributed by atoms with Crippen LogP contribution in [0.25, 0.3) is 0 Å². The lowest BCUT2D eigenvalue weighted by molar-refractivity contribution is -0.291. The third-order valence-electron chi connectivity index (χ3n) is 3.29. The lowest BCUT2D eigenvalue weighted by Crippen LogP contribution is -2.35. The number of halogens is 6. The molecular weight excluding hydrogens is 473 g/mol. The Labute approximate surface area is 168 Å². The number of aromatic nitrogens is 3. The molecule has 0 aliphatic carbocycles. The van der Waals surface area contributed by atoms with Gasteiger partial charge in [0.05, 0.1) is 5.69 Å². The molecule has 13 heteroatoms. The average Bonchev–Trinajstić information content (AvgIpc) is 2.61. The summed E-state index contributed by atoms with van der Waals surface area (Å²) >= 11 is 4.54. The first-order valence-electron chi connectivity index (χ1n) is 7.61. The van der Waals surface area contributed by atoms with E-state index in [2.05, 4.69) is 41.7 Å². The topological polar surface area (TPSA) is 79.8 Å². The molecule has 0 aromatic carbocycles. The summed E-state index contributed by atoms with van der Waals surface area (Å²) in [5, 5.41) is 11.0.